The Morgan fingerprint density at radius 3 is 2.77 bits per heavy atom. The number of rotatable bonds is 4. The Labute approximate surface area is 137 Å². The van der Waals surface area contributed by atoms with E-state index in [0.29, 0.717) is 18.1 Å². The van der Waals surface area contributed by atoms with Gasteiger partial charge in [0.25, 0.3) is 0 Å². The second-order valence-corrected chi connectivity index (χ2v) is 7.50. The molecule has 2 saturated heterocycles. The van der Waals surface area contributed by atoms with Gasteiger partial charge in [0.1, 0.15) is 0 Å². The molecule has 2 fully saturated rings. The Bertz CT molecular complexity index is 611. The molecule has 0 aliphatic carbocycles. The standard InChI is InChI=1S/C18H22ClNO2/c1-12(2)18-9-16(17(3,22-18)8-15(18)19)21-11-14-7-5-4-6-13(14)10-20/h4-7,12,15-16H,8-9,11H2,1-3H3. The van der Waals surface area contributed by atoms with Gasteiger partial charge in [-0.1, -0.05) is 32.0 Å². The molecule has 4 unspecified atom stereocenters. The highest BCUT2D eigenvalue weighted by Gasteiger charge is 2.65. The van der Waals surface area contributed by atoms with E-state index in [9.17, 15) is 0 Å². The largest absolute Gasteiger partial charge is 0.370 e. The topological polar surface area (TPSA) is 42.2 Å². The molecule has 0 amide bonds. The number of fused-ring (bicyclic) bond motifs is 2. The molecule has 2 heterocycles. The van der Waals surface area contributed by atoms with E-state index in [1.165, 1.54) is 0 Å². The average Bonchev–Trinajstić information content (AvgIpc) is 2.93. The van der Waals surface area contributed by atoms with Crippen LogP contribution in [0.15, 0.2) is 24.3 Å². The Morgan fingerprint density at radius 1 is 1.41 bits per heavy atom. The molecule has 0 saturated carbocycles. The third-order valence-electron chi connectivity index (χ3n) is 5.28. The number of hydrogen-bond acceptors (Lipinski definition) is 3. The number of benzene rings is 1. The van der Waals surface area contributed by atoms with Crippen molar-refractivity contribution in [3.8, 4) is 6.07 Å². The van der Waals surface area contributed by atoms with E-state index in [2.05, 4.69) is 26.8 Å². The minimum atomic E-state index is -0.321. The van der Waals surface area contributed by atoms with E-state index in [1.54, 1.807) is 0 Å². The number of ether oxygens (including phenoxy) is 2. The molecule has 0 spiro atoms. The van der Waals surface area contributed by atoms with Gasteiger partial charge in [-0.25, -0.2) is 0 Å². The fourth-order valence-electron chi connectivity index (χ4n) is 3.84. The van der Waals surface area contributed by atoms with Crippen LogP contribution in [-0.4, -0.2) is 22.7 Å². The summed E-state index contributed by atoms with van der Waals surface area (Å²) < 4.78 is 12.5. The second-order valence-electron chi connectivity index (χ2n) is 6.97. The molecular weight excluding hydrogens is 298 g/mol. The molecular formula is C18H22ClNO2. The number of alkyl halides is 1. The van der Waals surface area contributed by atoms with Crippen molar-refractivity contribution in [3.05, 3.63) is 35.4 Å². The first-order valence-corrected chi connectivity index (χ1v) is 8.29. The molecule has 2 aliphatic heterocycles. The van der Waals surface area contributed by atoms with Crippen LogP contribution >= 0.6 is 11.6 Å². The highest BCUT2D eigenvalue weighted by molar-refractivity contribution is 6.21. The minimum Gasteiger partial charge on any atom is -0.370 e. The van der Waals surface area contributed by atoms with Crippen LogP contribution in [0.25, 0.3) is 0 Å². The summed E-state index contributed by atoms with van der Waals surface area (Å²) in [5.41, 5.74) is 0.997. The summed E-state index contributed by atoms with van der Waals surface area (Å²) in [7, 11) is 0. The lowest BCUT2D eigenvalue weighted by atomic mass is 9.75. The number of nitrogens with zero attached hydrogens (tertiary/aromatic N) is 1. The summed E-state index contributed by atoms with van der Waals surface area (Å²) in [6, 6.07) is 9.78. The Kier molecular flexibility index (Phi) is 3.97. The highest BCUT2D eigenvalue weighted by atomic mass is 35.5. The van der Waals surface area contributed by atoms with Gasteiger partial charge in [-0.05, 0) is 30.9 Å². The van der Waals surface area contributed by atoms with Crippen LogP contribution in [-0.2, 0) is 16.1 Å². The summed E-state index contributed by atoms with van der Waals surface area (Å²) in [4.78, 5) is 0. The quantitative estimate of drug-likeness (QED) is 0.787. The van der Waals surface area contributed by atoms with Crippen LogP contribution in [0.4, 0.5) is 0 Å². The first-order chi connectivity index (χ1) is 10.4. The monoisotopic (exact) mass is 319 g/mol. The Hall–Kier alpha value is -1.08. The Morgan fingerprint density at radius 2 is 2.14 bits per heavy atom. The van der Waals surface area contributed by atoms with Crippen molar-refractivity contribution in [2.45, 2.75) is 62.9 Å². The fourth-order valence-corrected chi connectivity index (χ4v) is 4.53. The van der Waals surface area contributed by atoms with Crippen LogP contribution in [0, 0.1) is 17.2 Å². The lowest BCUT2D eigenvalue weighted by molar-refractivity contribution is -0.0957. The smallest absolute Gasteiger partial charge is 0.0995 e. The predicted octanol–water partition coefficient (Wildman–Crippen LogP) is 4.03. The van der Waals surface area contributed by atoms with Gasteiger partial charge in [-0.3, -0.25) is 0 Å². The summed E-state index contributed by atoms with van der Waals surface area (Å²) in [5.74, 6) is 0.358. The molecule has 2 bridgehead atoms. The maximum absolute atomic E-state index is 9.17. The average molecular weight is 320 g/mol. The molecule has 22 heavy (non-hydrogen) atoms. The van der Waals surface area contributed by atoms with Gasteiger partial charge < -0.3 is 9.47 Å². The van der Waals surface area contributed by atoms with Crippen LogP contribution in [0.3, 0.4) is 0 Å². The second kappa shape index (κ2) is 5.53. The third kappa shape index (κ3) is 2.34. The fraction of sp³-hybridized carbons (Fsp3) is 0.611. The van der Waals surface area contributed by atoms with Crippen molar-refractivity contribution >= 4 is 11.6 Å². The zero-order chi connectivity index (χ0) is 16.0. The van der Waals surface area contributed by atoms with Gasteiger partial charge >= 0.3 is 0 Å². The van der Waals surface area contributed by atoms with Crippen molar-refractivity contribution in [1.29, 1.82) is 5.26 Å². The highest BCUT2D eigenvalue weighted by Crippen LogP contribution is 2.57. The van der Waals surface area contributed by atoms with Gasteiger partial charge in [0.2, 0.25) is 0 Å². The van der Waals surface area contributed by atoms with Crippen molar-refractivity contribution in [2.75, 3.05) is 0 Å². The molecule has 1 aromatic carbocycles. The summed E-state index contributed by atoms with van der Waals surface area (Å²) in [6.07, 6.45) is 1.66. The predicted molar refractivity (Wildman–Crippen MR) is 85.7 cm³/mol. The minimum absolute atomic E-state index is 0.0247. The summed E-state index contributed by atoms with van der Waals surface area (Å²) in [5, 5.41) is 9.21. The molecule has 118 valence electrons. The SMILES string of the molecule is CC(C)C12CC(OCc3ccccc3C#N)C(C)(CC1Cl)O2. The van der Waals surface area contributed by atoms with Crippen molar-refractivity contribution in [1.82, 2.24) is 0 Å². The van der Waals surface area contributed by atoms with Gasteiger partial charge in [0.05, 0.1) is 40.9 Å². The van der Waals surface area contributed by atoms with Crippen LogP contribution in [0.5, 0.6) is 0 Å². The van der Waals surface area contributed by atoms with Gasteiger partial charge in [0.15, 0.2) is 0 Å². The van der Waals surface area contributed by atoms with Crippen LogP contribution in [0.2, 0.25) is 0 Å². The molecule has 2 aliphatic rings. The van der Waals surface area contributed by atoms with E-state index in [1.807, 2.05) is 24.3 Å². The zero-order valence-electron chi connectivity index (χ0n) is 13.3. The van der Waals surface area contributed by atoms with E-state index >= 15 is 0 Å². The van der Waals surface area contributed by atoms with Crippen LogP contribution in [0.1, 0.15) is 44.7 Å². The first-order valence-electron chi connectivity index (χ1n) is 7.85. The van der Waals surface area contributed by atoms with Gasteiger partial charge in [0, 0.05) is 6.42 Å². The Balaban J connectivity index is 1.74. The summed E-state index contributed by atoms with van der Waals surface area (Å²) in [6.45, 7) is 6.86. The lowest BCUT2D eigenvalue weighted by Gasteiger charge is -2.35. The molecule has 3 nitrogen and oxygen atoms in total. The van der Waals surface area contributed by atoms with Crippen LogP contribution < -0.4 is 0 Å². The maximum Gasteiger partial charge on any atom is 0.0995 e. The van der Waals surface area contributed by atoms with E-state index in [4.69, 9.17) is 26.3 Å². The van der Waals surface area contributed by atoms with Gasteiger partial charge in [-0.2, -0.15) is 5.26 Å². The van der Waals surface area contributed by atoms with E-state index in [-0.39, 0.29) is 22.7 Å². The lowest BCUT2D eigenvalue weighted by Crippen LogP contribution is -2.45. The molecule has 0 N–H and O–H groups in total. The zero-order valence-corrected chi connectivity index (χ0v) is 14.1. The molecule has 4 atom stereocenters. The van der Waals surface area contributed by atoms with Crippen molar-refractivity contribution in [2.24, 2.45) is 5.92 Å². The van der Waals surface area contributed by atoms with Gasteiger partial charge in [-0.15, -0.1) is 11.6 Å². The number of halogens is 1. The maximum atomic E-state index is 9.17. The summed E-state index contributed by atoms with van der Waals surface area (Å²) >= 11 is 6.56. The molecule has 0 radical (unpaired) electrons. The normalized spacial score (nSPS) is 36.7. The van der Waals surface area contributed by atoms with E-state index < -0.39 is 0 Å². The molecule has 4 heteroatoms. The number of hydrogen-bond donors (Lipinski definition) is 0. The number of nitriles is 1. The van der Waals surface area contributed by atoms with Crippen molar-refractivity contribution in [3.63, 3.8) is 0 Å². The van der Waals surface area contributed by atoms with E-state index in [0.717, 1.165) is 18.4 Å². The van der Waals surface area contributed by atoms with Crippen molar-refractivity contribution < 1.29 is 9.47 Å². The molecule has 1 aromatic rings. The first kappa shape index (κ1) is 15.8. The third-order valence-corrected chi connectivity index (χ3v) is 5.80. The molecule has 3 rings (SSSR count). The molecule has 0 aromatic heterocycles.